The summed E-state index contributed by atoms with van der Waals surface area (Å²) in [6.07, 6.45) is 8.21. The second-order valence-corrected chi connectivity index (χ2v) is 7.14. The molecule has 0 bridgehead atoms. The Labute approximate surface area is 160 Å². The smallest absolute Gasteiger partial charge is 0.0703 e. The van der Waals surface area contributed by atoms with Crippen molar-refractivity contribution >= 4 is 0 Å². The minimum absolute atomic E-state index is 0.316. The fraction of sp³-hybridized carbons (Fsp3) is 0.364. The van der Waals surface area contributed by atoms with Crippen molar-refractivity contribution in [3.63, 3.8) is 0 Å². The molecule has 0 aromatic carbocycles. The summed E-state index contributed by atoms with van der Waals surface area (Å²) in [6.45, 7) is 5.61. The van der Waals surface area contributed by atoms with Crippen molar-refractivity contribution in [3.8, 4) is 5.69 Å². The summed E-state index contributed by atoms with van der Waals surface area (Å²) in [5.74, 6) is 0. The topological polar surface area (TPSA) is 43.2 Å². The van der Waals surface area contributed by atoms with Gasteiger partial charge in [-0.15, -0.1) is 0 Å². The Balaban J connectivity index is 1.57. The van der Waals surface area contributed by atoms with Crippen LogP contribution < -0.4 is 0 Å². The Hall–Kier alpha value is -2.50. The zero-order chi connectivity index (χ0) is 18.5. The van der Waals surface area contributed by atoms with Gasteiger partial charge in [-0.25, -0.2) is 0 Å². The van der Waals surface area contributed by atoms with E-state index in [0.717, 1.165) is 50.5 Å². The van der Waals surface area contributed by atoms with Crippen molar-refractivity contribution in [1.29, 1.82) is 0 Å². The molecule has 0 N–H and O–H groups in total. The highest BCUT2D eigenvalue weighted by Gasteiger charge is 2.21. The van der Waals surface area contributed by atoms with Crippen LogP contribution in [0.3, 0.4) is 0 Å². The molecule has 3 aromatic rings. The van der Waals surface area contributed by atoms with E-state index in [1.807, 2.05) is 30.7 Å². The Morgan fingerprint density at radius 3 is 2.81 bits per heavy atom. The molecule has 5 nitrogen and oxygen atoms in total. The minimum Gasteiger partial charge on any atom is -0.377 e. The Morgan fingerprint density at radius 2 is 2.07 bits per heavy atom. The number of aromatic nitrogens is 3. The van der Waals surface area contributed by atoms with Crippen LogP contribution >= 0.6 is 0 Å². The standard InChI is InChI=1S/C22H26N4O/c1-18-9-10-21(26(18)20-7-4-11-23-14-20)16-25(17-22-8-5-13-27-22)15-19-6-2-3-12-24-19/h2-4,6-7,9-12,14,22H,5,8,13,15-17H2,1H3. The third kappa shape index (κ3) is 4.43. The lowest BCUT2D eigenvalue weighted by Crippen LogP contribution is -2.32. The van der Waals surface area contributed by atoms with Crippen molar-refractivity contribution in [1.82, 2.24) is 19.4 Å². The van der Waals surface area contributed by atoms with Gasteiger partial charge in [-0.3, -0.25) is 14.9 Å². The Kier molecular flexibility index (Phi) is 5.61. The number of hydrogen-bond acceptors (Lipinski definition) is 4. The quantitative estimate of drug-likeness (QED) is 0.642. The second-order valence-electron chi connectivity index (χ2n) is 7.14. The average molecular weight is 362 g/mol. The molecule has 0 amide bonds. The molecule has 3 aromatic heterocycles. The molecule has 1 aliphatic heterocycles. The van der Waals surface area contributed by atoms with Crippen molar-refractivity contribution < 1.29 is 4.74 Å². The first-order chi connectivity index (χ1) is 13.3. The zero-order valence-electron chi connectivity index (χ0n) is 15.8. The van der Waals surface area contributed by atoms with Gasteiger partial charge in [0.25, 0.3) is 0 Å². The predicted octanol–water partition coefficient (Wildman–Crippen LogP) is 3.76. The van der Waals surface area contributed by atoms with Crippen LogP contribution in [-0.4, -0.2) is 38.7 Å². The monoisotopic (exact) mass is 362 g/mol. The van der Waals surface area contributed by atoms with Gasteiger partial charge in [-0.1, -0.05) is 6.07 Å². The summed E-state index contributed by atoms with van der Waals surface area (Å²) >= 11 is 0. The maximum atomic E-state index is 5.90. The van der Waals surface area contributed by atoms with E-state index in [4.69, 9.17) is 4.74 Å². The van der Waals surface area contributed by atoms with Crippen molar-refractivity contribution in [2.45, 2.75) is 39.0 Å². The van der Waals surface area contributed by atoms with Crippen LogP contribution in [0.15, 0.2) is 61.1 Å². The number of nitrogens with zero attached hydrogens (tertiary/aromatic N) is 4. The van der Waals surface area contributed by atoms with Gasteiger partial charge in [0.1, 0.15) is 0 Å². The van der Waals surface area contributed by atoms with Gasteiger partial charge in [0.15, 0.2) is 0 Å². The van der Waals surface area contributed by atoms with E-state index < -0.39 is 0 Å². The molecule has 0 aliphatic carbocycles. The first-order valence-corrected chi connectivity index (χ1v) is 9.61. The molecular formula is C22H26N4O. The largest absolute Gasteiger partial charge is 0.377 e. The predicted molar refractivity (Wildman–Crippen MR) is 106 cm³/mol. The molecule has 1 saturated heterocycles. The maximum absolute atomic E-state index is 5.90. The number of hydrogen-bond donors (Lipinski definition) is 0. The number of rotatable bonds is 7. The van der Waals surface area contributed by atoms with Crippen LogP contribution in [0.4, 0.5) is 0 Å². The van der Waals surface area contributed by atoms with E-state index in [1.54, 1.807) is 0 Å². The van der Waals surface area contributed by atoms with Crippen LogP contribution in [0, 0.1) is 6.92 Å². The molecule has 0 saturated carbocycles. The van der Waals surface area contributed by atoms with Gasteiger partial charge in [0.2, 0.25) is 0 Å². The molecule has 1 unspecified atom stereocenters. The van der Waals surface area contributed by atoms with Gasteiger partial charge in [-0.05, 0) is 56.2 Å². The fourth-order valence-electron chi connectivity index (χ4n) is 3.78. The van der Waals surface area contributed by atoms with Crippen LogP contribution in [0.2, 0.25) is 0 Å². The summed E-state index contributed by atoms with van der Waals surface area (Å²) in [4.78, 5) is 11.3. The number of pyridine rings is 2. The molecule has 27 heavy (non-hydrogen) atoms. The van der Waals surface area contributed by atoms with E-state index in [-0.39, 0.29) is 0 Å². The Bertz CT molecular complexity index is 841. The first kappa shape index (κ1) is 17.9. The SMILES string of the molecule is Cc1ccc(CN(Cc2ccccn2)CC2CCCO2)n1-c1cccnc1. The lowest BCUT2D eigenvalue weighted by atomic mass is 10.2. The minimum atomic E-state index is 0.316. The average Bonchev–Trinajstić information content (AvgIpc) is 3.33. The van der Waals surface area contributed by atoms with E-state index >= 15 is 0 Å². The second kappa shape index (κ2) is 8.46. The van der Waals surface area contributed by atoms with Crippen LogP contribution in [0.1, 0.15) is 29.9 Å². The normalized spacial score (nSPS) is 16.9. The molecule has 1 aliphatic rings. The van der Waals surface area contributed by atoms with Crippen molar-refractivity contribution in [3.05, 3.63) is 78.1 Å². The zero-order valence-corrected chi connectivity index (χ0v) is 15.8. The molecule has 1 fully saturated rings. The van der Waals surface area contributed by atoms with E-state index in [0.29, 0.717) is 6.10 Å². The third-order valence-corrected chi connectivity index (χ3v) is 5.04. The van der Waals surface area contributed by atoms with Crippen LogP contribution in [-0.2, 0) is 17.8 Å². The Morgan fingerprint density at radius 1 is 1.11 bits per heavy atom. The van der Waals surface area contributed by atoms with E-state index in [1.165, 1.54) is 11.4 Å². The summed E-state index contributed by atoms with van der Waals surface area (Å²) in [5, 5.41) is 0. The lowest BCUT2D eigenvalue weighted by Gasteiger charge is -2.26. The summed E-state index contributed by atoms with van der Waals surface area (Å²) < 4.78 is 8.19. The number of aryl methyl sites for hydroxylation is 1. The van der Waals surface area contributed by atoms with Crippen molar-refractivity contribution in [2.75, 3.05) is 13.2 Å². The molecule has 0 radical (unpaired) electrons. The maximum Gasteiger partial charge on any atom is 0.0703 e. The first-order valence-electron chi connectivity index (χ1n) is 9.61. The number of ether oxygens (including phenoxy) is 1. The fourth-order valence-corrected chi connectivity index (χ4v) is 3.78. The van der Waals surface area contributed by atoms with E-state index in [2.05, 4.69) is 56.7 Å². The van der Waals surface area contributed by atoms with Crippen molar-refractivity contribution in [2.24, 2.45) is 0 Å². The highest BCUT2D eigenvalue weighted by Crippen LogP contribution is 2.20. The van der Waals surface area contributed by atoms with Gasteiger partial charge in [-0.2, -0.15) is 0 Å². The van der Waals surface area contributed by atoms with Gasteiger partial charge in [0, 0.05) is 50.0 Å². The summed E-state index contributed by atoms with van der Waals surface area (Å²) in [7, 11) is 0. The molecule has 140 valence electrons. The van der Waals surface area contributed by atoms with Crippen LogP contribution in [0.25, 0.3) is 5.69 Å². The van der Waals surface area contributed by atoms with Gasteiger partial charge in [0.05, 0.1) is 23.7 Å². The highest BCUT2D eigenvalue weighted by molar-refractivity contribution is 5.35. The molecule has 4 rings (SSSR count). The van der Waals surface area contributed by atoms with Gasteiger partial charge < -0.3 is 9.30 Å². The lowest BCUT2D eigenvalue weighted by molar-refractivity contribution is 0.0669. The molecule has 0 spiro atoms. The highest BCUT2D eigenvalue weighted by atomic mass is 16.5. The van der Waals surface area contributed by atoms with E-state index in [9.17, 15) is 0 Å². The molecule has 1 atom stereocenters. The summed E-state index contributed by atoms with van der Waals surface area (Å²) in [6, 6.07) is 14.6. The molecule has 4 heterocycles. The summed E-state index contributed by atoms with van der Waals surface area (Å²) in [5.41, 5.74) is 4.67. The van der Waals surface area contributed by atoms with Gasteiger partial charge >= 0.3 is 0 Å². The molecule has 5 heteroatoms. The third-order valence-electron chi connectivity index (χ3n) is 5.04. The van der Waals surface area contributed by atoms with Crippen LogP contribution in [0.5, 0.6) is 0 Å². The molecular weight excluding hydrogens is 336 g/mol.